The molecule has 0 amide bonds. The highest BCUT2D eigenvalue weighted by molar-refractivity contribution is 5.29. The molecule has 0 spiro atoms. The van der Waals surface area contributed by atoms with Gasteiger partial charge in [-0.05, 0) is 35.7 Å². The van der Waals surface area contributed by atoms with E-state index in [9.17, 15) is 13.9 Å². The van der Waals surface area contributed by atoms with Crippen LogP contribution in [0, 0.1) is 0 Å². The third kappa shape index (κ3) is 5.62. The maximum atomic E-state index is 12.2. The Hall–Kier alpha value is -1.98. The predicted octanol–water partition coefficient (Wildman–Crippen LogP) is 3.67. The number of hydrogen-bond acceptors (Lipinski definition) is 3. The summed E-state index contributed by atoms with van der Waals surface area (Å²) >= 11 is 0. The summed E-state index contributed by atoms with van der Waals surface area (Å²) in [5, 5.41) is 12.6. The van der Waals surface area contributed by atoms with Gasteiger partial charge in [0, 0.05) is 12.6 Å². The topological polar surface area (TPSA) is 41.5 Å². The quantitative estimate of drug-likeness (QED) is 0.779. The van der Waals surface area contributed by atoms with Crippen molar-refractivity contribution in [1.82, 2.24) is 5.32 Å². The molecule has 2 N–H and O–H groups in total. The first-order valence-corrected chi connectivity index (χ1v) is 7.51. The molecule has 124 valence electrons. The molecule has 0 saturated carbocycles. The van der Waals surface area contributed by atoms with Gasteiger partial charge in [0.15, 0.2) is 0 Å². The van der Waals surface area contributed by atoms with Gasteiger partial charge < -0.3 is 15.2 Å². The van der Waals surface area contributed by atoms with E-state index in [1.807, 2.05) is 37.3 Å². The fraction of sp³-hybridized carbons (Fsp3) is 0.333. The number of nitrogens with one attached hydrogen (secondary N) is 1. The lowest BCUT2D eigenvalue weighted by Gasteiger charge is -2.15. The largest absolute Gasteiger partial charge is 0.488 e. The molecular weight excluding hydrogens is 300 g/mol. The molecule has 3 nitrogen and oxygen atoms in total. The molecule has 2 aromatic rings. The normalized spacial score (nSPS) is 12.4. The van der Waals surface area contributed by atoms with Gasteiger partial charge in [0.05, 0.1) is 6.61 Å². The Morgan fingerprint density at radius 3 is 2.57 bits per heavy atom. The SMILES string of the molecule is CC(NCc1cccc(OCC(F)F)c1)c1cccc(CO)c1. The highest BCUT2D eigenvalue weighted by Crippen LogP contribution is 2.17. The molecule has 1 atom stereocenters. The molecule has 0 aliphatic rings. The Morgan fingerprint density at radius 2 is 1.83 bits per heavy atom. The van der Waals surface area contributed by atoms with Gasteiger partial charge >= 0.3 is 0 Å². The number of alkyl halides is 2. The van der Waals surface area contributed by atoms with E-state index < -0.39 is 13.0 Å². The number of hydrogen-bond donors (Lipinski definition) is 2. The Morgan fingerprint density at radius 1 is 1.09 bits per heavy atom. The van der Waals surface area contributed by atoms with Crippen molar-refractivity contribution >= 4 is 0 Å². The third-order valence-electron chi connectivity index (χ3n) is 3.52. The van der Waals surface area contributed by atoms with E-state index in [4.69, 9.17) is 4.74 Å². The molecule has 0 saturated heterocycles. The fourth-order valence-electron chi connectivity index (χ4n) is 2.25. The van der Waals surface area contributed by atoms with Crippen molar-refractivity contribution in [3.63, 3.8) is 0 Å². The fourth-order valence-corrected chi connectivity index (χ4v) is 2.25. The maximum Gasteiger partial charge on any atom is 0.272 e. The Kier molecular flexibility index (Phi) is 6.50. The number of halogens is 2. The Bertz CT molecular complexity index is 619. The van der Waals surface area contributed by atoms with Crippen LogP contribution < -0.4 is 10.1 Å². The molecule has 5 heteroatoms. The lowest BCUT2D eigenvalue weighted by Crippen LogP contribution is -2.18. The van der Waals surface area contributed by atoms with Gasteiger partial charge in [-0.2, -0.15) is 0 Å². The summed E-state index contributed by atoms with van der Waals surface area (Å²) in [5.74, 6) is 0.444. The van der Waals surface area contributed by atoms with Gasteiger partial charge in [0.2, 0.25) is 0 Å². The van der Waals surface area contributed by atoms with Crippen molar-refractivity contribution in [3.8, 4) is 5.75 Å². The van der Waals surface area contributed by atoms with Crippen LogP contribution in [0.5, 0.6) is 5.75 Å². The first-order valence-electron chi connectivity index (χ1n) is 7.51. The van der Waals surface area contributed by atoms with E-state index in [1.165, 1.54) is 0 Å². The number of ether oxygens (including phenoxy) is 1. The second-order valence-electron chi connectivity index (χ2n) is 5.36. The van der Waals surface area contributed by atoms with Crippen LogP contribution in [-0.4, -0.2) is 18.1 Å². The van der Waals surface area contributed by atoms with Crippen molar-refractivity contribution < 1.29 is 18.6 Å². The average Bonchev–Trinajstić information content (AvgIpc) is 2.58. The van der Waals surface area contributed by atoms with Crippen molar-refractivity contribution in [2.24, 2.45) is 0 Å². The monoisotopic (exact) mass is 321 g/mol. The summed E-state index contributed by atoms with van der Waals surface area (Å²) in [6.45, 7) is 2.05. The molecular formula is C18H21F2NO2. The average molecular weight is 321 g/mol. The van der Waals surface area contributed by atoms with Gasteiger partial charge in [0.1, 0.15) is 12.4 Å². The van der Waals surface area contributed by atoms with Crippen molar-refractivity contribution in [3.05, 3.63) is 65.2 Å². The van der Waals surface area contributed by atoms with Crippen LogP contribution in [0.2, 0.25) is 0 Å². The molecule has 0 aromatic heterocycles. The summed E-state index contributed by atoms with van der Waals surface area (Å²) in [7, 11) is 0. The minimum Gasteiger partial charge on any atom is -0.488 e. The van der Waals surface area contributed by atoms with E-state index >= 15 is 0 Å². The standard InChI is InChI=1S/C18H21F2NO2/c1-13(16-6-2-5-15(8-16)11-22)21-10-14-4-3-7-17(9-14)23-12-18(19)20/h2-9,13,18,21-22H,10-12H2,1H3. The van der Waals surface area contributed by atoms with Gasteiger partial charge in [-0.15, -0.1) is 0 Å². The lowest BCUT2D eigenvalue weighted by atomic mass is 10.1. The number of aliphatic hydroxyl groups excluding tert-OH is 1. The first kappa shape index (κ1) is 17.4. The number of rotatable bonds is 8. The highest BCUT2D eigenvalue weighted by atomic mass is 19.3. The molecule has 2 aromatic carbocycles. The molecule has 0 fully saturated rings. The zero-order chi connectivity index (χ0) is 16.7. The zero-order valence-corrected chi connectivity index (χ0v) is 13.0. The number of benzene rings is 2. The van der Waals surface area contributed by atoms with Crippen LogP contribution in [0.1, 0.15) is 29.7 Å². The van der Waals surface area contributed by atoms with Crippen molar-refractivity contribution in [1.29, 1.82) is 0 Å². The summed E-state index contributed by atoms with van der Waals surface area (Å²) in [4.78, 5) is 0. The van der Waals surface area contributed by atoms with Crippen molar-refractivity contribution in [2.45, 2.75) is 32.5 Å². The second kappa shape index (κ2) is 8.60. The molecule has 0 bridgehead atoms. The Balaban J connectivity index is 1.93. The third-order valence-corrected chi connectivity index (χ3v) is 3.52. The molecule has 0 aliphatic heterocycles. The minimum atomic E-state index is -2.48. The maximum absolute atomic E-state index is 12.2. The minimum absolute atomic E-state index is 0.0179. The molecule has 0 heterocycles. The predicted molar refractivity (Wildman–Crippen MR) is 85.6 cm³/mol. The zero-order valence-electron chi connectivity index (χ0n) is 13.0. The highest BCUT2D eigenvalue weighted by Gasteiger charge is 2.07. The molecule has 0 aliphatic carbocycles. The summed E-state index contributed by atoms with van der Waals surface area (Å²) < 4.78 is 29.4. The van der Waals surface area contributed by atoms with Crippen LogP contribution in [0.4, 0.5) is 8.78 Å². The van der Waals surface area contributed by atoms with E-state index in [-0.39, 0.29) is 12.6 Å². The van der Waals surface area contributed by atoms with E-state index in [2.05, 4.69) is 5.32 Å². The first-order chi connectivity index (χ1) is 11.1. The van der Waals surface area contributed by atoms with Gasteiger partial charge in [-0.3, -0.25) is 0 Å². The van der Waals surface area contributed by atoms with Crippen molar-refractivity contribution in [2.75, 3.05) is 6.61 Å². The molecule has 2 rings (SSSR count). The van der Waals surface area contributed by atoms with E-state index in [0.717, 1.165) is 16.7 Å². The molecule has 0 radical (unpaired) electrons. The van der Waals surface area contributed by atoms with Crippen LogP contribution in [-0.2, 0) is 13.2 Å². The number of aliphatic hydroxyl groups is 1. The van der Waals surface area contributed by atoms with Gasteiger partial charge in [0.25, 0.3) is 6.43 Å². The van der Waals surface area contributed by atoms with Crippen LogP contribution in [0.25, 0.3) is 0 Å². The van der Waals surface area contributed by atoms with Crippen LogP contribution in [0.15, 0.2) is 48.5 Å². The summed E-state index contributed by atoms with van der Waals surface area (Å²) in [6, 6.07) is 15.0. The molecule has 1 unspecified atom stereocenters. The summed E-state index contributed by atoms with van der Waals surface area (Å²) in [5.41, 5.74) is 2.92. The molecule has 23 heavy (non-hydrogen) atoms. The smallest absolute Gasteiger partial charge is 0.272 e. The lowest BCUT2D eigenvalue weighted by molar-refractivity contribution is 0.0818. The van der Waals surface area contributed by atoms with E-state index in [1.54, 1.807) is 18.2 Å². The second-order valence-corrected chi connectivity index (χ2v) is 5.36. The van der Waals surface area contributed by atoms with Gasteiger partial charge in [-0.1, -0.05) is 36.4 Å². The summed E-state index contributed by atoms with van der Waals surface area (Å²) in [6.07, 6.45) is -2.48. The van der Waals surface area contributed by atoms with Crippen LogP contribution in [0.3, 0.4) is 0 Å². The van der Waals surface area contributed by atoms with E-state index in [0.29, 0.717) is 12.3 Å². The van der Waals surface area contributed by atoms with Gasteiger partial charge in [-0.25, -0.2) is 8.78 Å². The van der Waals surface area contributed by atoms with Crippen LogP contribution >= 0.6 is 0 Å². The Labute approximate surface area is 134 Å².